The standard InChI is InChI=1S/C9H17O6S2Si/c1-6(7(2)17)14-18(12-4-5-16)15-9(11)13-8(3)10/h6-7,16-17H,4-5H2,1-3H3. The van der Waals surface area contributed by atoms with E-state index in [-0.39, 0.29) is 18.0 Å². The Morgan fingerprint density at radius 3 is 2.39 bits per heavy atom. The van der Waals surface area contributed by atoms with E-state index in [0.717, 1.165) is 6.92 Å². The van der Waals surface area contributed by atoms with Gasteiger partial charge in [0.25, 0.3) is 0 Å². The van der Waals surface area contributed by atoms with Gasteiger partial charge in [0.15, 0.2) is 0 Å². The summed E-state index contributed by atoms with van der Waals surface area (Å²) in [6.07, 6.45) is -1.40. The third kappa shape index (κ3) is 8.81. The molecule has 0 fully saturated rings. The summed E-state index contributed by atoms with van der Waals surface area (Å²) in [6.45, 7) is 4.96. The largest absolute Gasteiger partial charge is 0.661 e. The van der Waals surface area contributed by atoms with Crippen LogP contribution < -0.4 is 0 Å². The van der Waals surface area contributed by atoms with Crippen molar-refractivity contribution < 1.29 is 27.6 Å². The van der Waals surface area contributed by atoms with Crippen LogP contribution in [0, 0.1) is 0 Å². The van der Waals surface area contributed by atoms with E-state index in [9.17, 15) is 9.59 Å². The molecule has 1 radical (unpaired) electrons. The van der Waals surface area contributed by atoms with Crippen molar-refractivity contribution in [3.05, 3.63) is 0 Å². The molecule has 6 nitrogen and oxygen atoms in total. The van der Waals surface area contributed by atoms with Gasteiger partial charge in [0, 0.05) is 24.5 Å². The minimum atomic E-state index is -2.32. The van der Waals surface area contributed by atoms with Gasteiger partial charge in [0.2, 0.25) is 0 Å². The number of hydrogen-bond acceptors (Lipinski definition) is 8. The van der Waals surface area contributed by atoms with E-state index in [2.05, 4.69) is 30.0 Å². The molecular formula is C9H17O6S2Si. The van der Waals surface area contributed by atoms with Crippen molar-refractivity contribution in [1.82, 2.24) is 0 Å². The van der Waals surface area contributed by atoms with Crippen LogP contribution >= 0.6 is 25.3 Å². The molecule has 0 bridgehead atoms. The van der Waals surface area contributed by atoms with Crippen LogP contribution in [0.5, 0.6) is 0 Å². The maximum Gasteiger partial charge on any atom is 0.661 e. The average molecular weight is 313 g/mol. The fourth-order valence-electron chi connectivity index (χ4n) is 0.673. The van der Waals surface area contributed by atoms with Crippen LogP contribution in [-0.2, 0) is 22.8 Å². The predicted molar refractivity (Wildman–Crippen MR) is 72.8 cm³/mol. The number of thiol groups is 2. The molecule has 9 heteroatoms. The van der Waals surface area contributed by atoms with Gasteiger partial charge in [-0.25, -0.2) is 4.79 Å². The van der Waals surface area contributed by atoms with Crippen LogP contribution in [0.15, 0.2) is 0 Å². The van der Waals surface area contributed by atoms with Crippen LogP contribution in [-0.4, -0.2) is 45.4 Å². The van der Waals surface area contributed by atoms with Gasteiger partial charge in [-0.1, -0.05) is 6.92 Å². The molecule has 0 saturated heterocycles. The first-order chi connectivity index (χ1) is 8.36. The van der Waals surface area contributed by atoms with Gasteiger partial charge in [0.05, 0.1) is 6.10 Å². The second-order valence-electron chi connectivity index (χ2n) is 3.33. The second-order valence-corrected chi connectivity index (χ2v) is 5.82. The molecule has 0 amide bonds. The predicted octanol–water partition coefficient (Wildman–Crippen LogP) is 1.34. The van der Waals surface area contributed by atoms with Crippen molar-refractivity contribution in [2.45, 2.75) is 32.1 Å². The molecule has 0 aromatic heterocycles. The summed E-state index contributed by atoms with van der Waals surface area (Å²) in [5.41, 5.74) is 0. The van der Waals surface area contributed by atoms with Crippen molar-refractivity contribution in [3.8, 4) is 0 Å². The molecule has 0 aliphatic rings. The van der Waals surface area contributed by atoms with Crippen LogP contribution in [0.25, 0.3) is 0 Å². The lowest BCUT2D eigenvalue weighted by Crippen LogP contribution is -2.37. The Labute approximate surface area is 119 Å². The van der Waals surface area contributed by atoms with Crippen molar-refractivity contribution in [1.29, 1.82) is 0 Å². The van der Waals surface area contributed by atoms with E-state index in [1.54, 1.807) is 6.92 Å². The third-order valence-corrected chi connectivity index (χ3v) is 3.61. The zero-order valence-electron chi connectivity index (χ0n) is 10.4. The van der Waals surface area contributed by atoms with E-state index >= 15 is 0 Å². The Morgan fingerprint density at radius 1 is 1.33 bits per heavy atom. The number of esters is 1. The van der Waals surface area contributed by atoms with Crippen molar-refractivity contribution in [2.24, 2.45) is 0 Å². The fraction of sp³-hybridized carbons (Fsp3) is 0.778. The van der Waals surface area contributed by atoms with Crippen molar-refractivity contribution in [2.75, 3.05) is 12.4 Å². The van der Waals surface area contributed by atoms with Crippen LogP contribution in [0.3, 0.4) is 0 Å². The summed E-state index contributed by atoms with van der Waals surface area (Å²) in [5.74, 6) is -0.306. The normalized spacial score (nSPS) is 14.1. The average Bonchev–Trinajstić information content (AvgIpc) is 2.24. The number of carbonyl (C=O) groups excluding carboxylic acids is 2. The molecule has 0 aliphatic carbocycles. The second kappa shape index (κ2) is 9.67. The number of rotatable bonds is 7. The summed E-state index contributed by atoms with van der Waals surface area (Å²) in [4.78, 5) is 21.7. The van der Waals surface area contributed by atoms with E-state index in [4.69, 9.17) is 13.3 Å². The maximum absolute atomic E-state index is 11.1. The maximum atomic E-state index is 11.1. The summed E-state index contributed by atoms with van der Waals surface area (Å²) in [7, 11) is -2.32. The zero-order chi connectivity index (χ0) is 14.1. The van der Waals surface area contributed by atoms with Crippen LogP contribution in [0.4, 0.5) is 4.79 Å². The molecule has 2 atom stereocenters. The van der Waals surface area contributed by atoms with Gasteiger partial charge in [0.1, 0.15) is 0 Å². The van der Waals surface area contributed by atoms with Gasteiger partial charge >= 0.3 is 21.7 Å². The Bertz CT molecular complexity index is 276. The molecule has 0 N–H and O–H groups in total. The Kier molecular flexibility index (Phi) is 9.55. The molecular weight excluding hydrogens is 296 g/mol. The highest BCUT2D eigenvalue weighted by molar-refractivity contribution is 7.81. The summed E-state index contributed by atoms with van der Waals surface area (Å²) in [5, 5.41) is -0.0583. The first-order valence-corrected chi connectivity index (χ1v) is 7.59. The topological polar surface area (TPSA) is 71.1 Å². The molecule has 0 aromatic rings. The van der Waals surface area contributed by atoms with Gasteiger partial charge in [-0.3, -0.25) is 4.79 Å². The van der Waals surface area contributed by atoms with Gasteiger partial charge in [-0.05, 0) is 6.92 Å². The third-order valence-electron chi connectivity index (χ3n) is 1.67. The van der Waals surface area contributed by atoms with E-state index in [1.165, 1.54) is 0 Å². The first kappa shape index (κ1) is 17.8. The smallest absolute Gasteiger partial charge is 0.437 e. The minimum Gasteiger partial charge on any atom is -0.437 e. The Morgan fingerprint density at radius 2 is 1.94 bits per heavy atom. The molecule has 0 spiro atoms. The minimum absolute atomic E-state index is 0.0583. The number of ether oxygens (including phenoxy) is 1. The van der Waals surface area contributed by atoms with Crippen molar-refractivity contribution in [3.63, 3.8) is 0 Å². The van der Waals surface area contributed by atoms with Gasteiger partial charge < -0.3 is 18.0 Å². The highest BCUT2D eigenvalue weighted by Gasteiger charge is 2.30. The lowest BCUT2D eigenvalue weighted by molar-refractivity contribution is -0.136. The molecule has 0 aromatic carbocycles. The summed E-state index contributed by atoms with van der Waals surface area (Å²) >= 11 is 8.17. The first-order valence-electron chi connectivity index (χ1n) is 5.22. The Balaban J connectivity index is 4.29. The fourth-order valence-corrected chi connectivity index (χ4v) is 2.24. The van der Waals surface area contributed by atoms with Gasteiger partial charge in [-0.15, -0.1) is 0 Å². The molecule has 0 saturated carbocycles. The zero-order valence-corrected chi connectivity index (χ0v) is 13.2. The van der Waals surface area contributed by atoms with Crippen LogP contribution in [0.1, 0.15) is 20.8 Å². The SMILES string of the molecule is CC(=O)OC(=O)O[Si](OCCS)OC(C)C(C)S. The van der Waals surface area contributed by atoms with Crippen molar-refractivity contribution >= 4 is 46.9 Å². The van der Waals surface area contributed by atoms with E-state index in [0.29, 0.717) is 5.75 Å². The molecule has 105 valence electrons. The molecule has 0 rings (SSSR count). The Hall–Kier alpha value is -0.223. The molecule has 0 aliphatic heterocycles. The quantitative estimate of drug-likeness (QED) is 0.320. The van der Waals surface area contributed by atoms with Crippen LogP contribution in [0.2, 0.25) is 0 Å². The highest BCUT2D eigenvalue weighted by Crippen LogP contribution is 2.08. The summed E-state index contributed by atoms with van der Waals surface area (Å²) < 4.78 is 19.6. The lowest BCUT2D eigenvalue weighted by atomic mass is 10.3. The highest BCUT2D eigenvalue weighted by atomic mass is 32.1. The number of hydrogen-bond donors (Lipinski definition) is 2. The summed E-state index contributed by atoms with van der Waals surface area (Å²) in [6, 6.07) is 0. The molecule has 18 heavy (non-hydrogen) atoms. The monoisotopic (exact) mass is 313 g/mol. The lowest BCUT2D eigenvalue weighted by Gasteiger charge is -2.20. The van der Waals surface area contributed by atoms with E-state index in [1.807, 2.05) is 6.92 Å². The molecule has 2 unspecified atom stereocenters. The van der Waals surface area contributed by atoms with E-state index < -0.39 is 21.7 Å². The van der Waals surface area contributed by atoms with Gasteiger partial charge in [-0.2, -0.15) is 25.3 Å². The number of carbonyl (C=O) groups is 2. The molecule has 0 heterocycles.